The maximum atomic E-state index is 12.9. The maximum Gasteiger partial charge on any atom is 0.196 e. The molecule has 1 heterocycles. The summed E-state index contributed by atoms with van der Waals surface area (Å²) in [5.41, 5.74) is 2.56. The van der Waals surface area contributed by atoms with Crippen molar-refractivity contribution < 1.29 is 4.79 Å². The lowest BCUT2D eigenvalue weighted by Gasteiger charge is -2.02. The van der Waals surface area contributed by atoms with Crippen LogP contribution in [0.15, 0.2) is 67.4 Å². The van der Waals surface area contributed by atoms with E-state index in [4.69, 9.17) is 0 Å². The van der Waals surface area contributed by atoms with Gasteiger partial charge in [-0.2, -0.15) is 0 Å². The van der Waals surface area contributed by atoms with E-state index in [9.17, 15) is 4.79 Å². The summed E-state index contributed by atoms with van der Waals surface area (Å²) in [6.45, 7) is 4.48. The molecule has 0 aliphatic heterocycles. The van der Waals surface area contributed by atoms with Crippen molar-refractivity contribution in [1.29, 1.82) is 0 Å². The summed E-state index contributed by atoms with van der Waals surface area (Å²) >= 11 is 2.21. The number of rotatable bonds is 4. The highest BCUT2D eigenvalue weighted by molar-refractivity contribution is 14.1. The van der Waals surface area contributed by atoms with Gasteiger partial charge in [-0.15, -0.1) is 6.58 Å². The van der Waals surface area contributed by atoms with Crippen LogP contribution in [-0.4, -0.2) is 10.4 Å². The number of allylic oxidation sites excluding steroid dienone is 1. The van der Waals surface area contributed by atoms with Gasteiger partial charge in [0.2, 0.25) is 0 Å². The van der Waals surface area contributed by atoms with Crippen LogP contribution in [-0.2, 0) is 6.54 Å². The van der Waals surface area contributed by atoms with Crippen molar-refractivity contribution in [3.63, 3.8) is 0 Å². The number of carbonyl (C=O) groups excluding carboxylic acids is 1. The van der Waals surface area contributed by atoms with E-state index in [-0.39, 0.29) is 5.78 Å². The third-order valence-corrected chi connectivity index (χ3v) is 4.42. The molecule has 1 aromatic heterocycles. The average molecular weight is 387 g/mol. The number of nitrogens with zero attached hydrogens (tertiary/aromatic N) is 1. The first-order valence-corrected chi connectivity index (χ1v) is 7.78. The Balaban J connectivity index is 2.19. The SMILES string of the molecule is C=CCn1cc(C(=O)c2ccccc2I)c2ccccc21. The highest BCUT2D eigenvalue weighted by Crippen LogP contribution is 2.25. The lowest BCUT2D eigenvalue weighted by atomic mass is 10.0. The Morgan fingerprint density at radius 1 is 1.10 bits per heavy atom. The van der Waals surface area contributed by atoms with Gasteiger partial charge in [-0.1, -0.05) is 36.4 Å². The van der Waals surface area contributed by atoms with Gasteiger partial charge in [-0.05, 0) is 40.8 Å². The minimum Gasteiger partial charge on any atom is -0.343 e. The predicted molar refractivity (Wildman–Crippen MR) is 94.7 cm³/mol. The van der Waals surface area contributed by atoms with Crippen LogP contribution in [0.4, 0.5) is 0 Å². The van der Waals surface area contributed by atoms with Crippen LogP contribution in [0, 0.1) is 3.57 Å². The number of ketones is 1. The van der Waals surface area contributed by atoms with E-state index in [0.717, 1.165) is 25.6 Å². The van der Waals surface area contributed by atoms with Crippen molar-refractivity contribution in [3.8, 4) is 0 Å². The largest absolute Gasteiger partial charge is 0.343 e. The van der Waals surface area contributed by atoms with Crippen LogP contribution in [0.1, 0.15) is 15.9 Å². The Bertz CT molecular complexity index is 832. The molecule has 0 aliphatic carbocycles. The fourth-order valence-corrected chi connectivity index (χ4v) is 3.14. The van der Waals surface area contributed by atoms with Crippen molar-refractivity contribution in [1.82, 2.24) is 4.57 Å². The van der Waals surface area contributed by atoms with Gasteiger partial charge >= 0.3 is 0 Å². The number of halogens is 1. The number of carbonyl (C=O) groups is 1. The maximum absolute atomic E-state index is 12.9. The Hall–Kier alpha value is -1.88. The molecule has 21 heavy (non-hydrogen) atoms. The van der Waals surface area contributed by atoms with E-state index in [1.807, 2.05) is 60.8 Å². The zero-order valence-corrected chi connectivity index (χ0v) is 13.6. The monoisotopic (exact) mass is 387 g/mol. The number of aromatic nitrogens is 1. The van der Waals surface area contributed by atoms with Crippen LogP contribution < -0.4 is 0 Å². The summed E-state index contributed by atoms with van der Waals surface area (Å²) < 4.78 is 3.03. The Kier molecular flexibility index (Phi) is 3.92. The fraction of sp³-hybridized carbons (Fsp3) is 0.0556. The smallest absolute Gasteiger partial charge is 0.196 e. The summed E-state index contributed by atoms with van der Waals surface area (Å²) in [7, 11) is 0. The number of hydrogen-bond acceptors (Lipinski definition) is 1. The molecule has 0 atom stereocenters. The molecular weight excluding hydrogens is 373 g/mol. The zero-order chi connectivity index (χ0) is 14.8. The summed E-state index contributed by atoms with van der Waals surface area (Å²) in [5, 5.41) is 0.990. The lowest BCUT2D eigenvalue weighted by molar-refractivity contribution is 0.103. The summed E-state index contributed by atoms with van der Waals surface area (Å²) in [5.74, 6) is 0.0685. The Labute approximate surface area is 137 Å². The van der Waals surface area contributed by atoms with Crippen LogP contribution >= 0.6 is 22.6 Å². The summed E-state index contributed by atoms with van der Waals surface area (Å²) in [4.78, 5) is 12.9. The van der Waals surface area contributed by atoms with Crippen LogP contribution in [0.2, 0.25) is 0 Å². The molecule has 0 aliphatic rings. The molecule has 0 radical (unpaired) electrons. The van der Waals surface area contributed by atoms with Crippen LogP contribution in [0.5, 0.6) is 0 Å². The lowest BCUT2D eigenvalue weighted by Crippen LogP contribution is -2.03. The number of para-hydroxylation sites is 1. The molecular formula is C18H14INO. The quantitative estimate of drug-likeness (QED) is 0.363. The molecule has 3 heteroatoms. The number of benzene rings is 2. The van der Waals surface area contributed by atoms with Gasteiger partial charge in [0, 0.05) is 38.3 Å². The van der Waals surface area contributed by atoms with Crippen molar-refractivity contribution in [2.75, 3.05) is 0 Å². The van der Waals surface area contributed by atoms with Gasteiger partial charge in [0.05, 0.1) is 0 Å². The summed E-state index contributed by atoms with van der Waals surface area (Å²) in [6, 6.07) is 15.7. The van der Waals surface area contributed by atoms with Crippen LogP contribution in [0.3, 0.4) is 0 Å². The molecule has 2 aromatic carbocycles. The van der Waals surface area contributed by atoms with Gasteiger partial charge in [0.25, 0.3) is 0 Å². The third-order valence-electron chi connectivity index (χ3n) is 3.48. The second-order valence-electron chi connectivity index (χ2n) is 4.81. The average Bonchev–Trinajstić information content (AvgIpc) is 2.87. The van der Waals surface area contributed by atoms with E-state index in [0.29, 0.717) is 6.54 Å². The predicted octanol–water partition coefficient (Wildman–Crippen LogP) is 4.66. The van der Waals surface area contributed by atoms with E-state index in [1.165, 1.54) is 0 Å². The van der Waals surface area contributed by atoms with E-state index in [1.54, 1.807) is 0 Å². The van der Waals surface area contributed by atoms with Gasteiger partial charge in [-0.25, -0.2) is 0 Å². The van der Waals surface area contributed by atoms with Gasteiger partial charge in [0.1, 0.15) is 0 Å². The minimum atomic E-state index is 0.0685. The first kappa shape index (κ1) is 14.1. The second kappa shape index (κ2) is 5.85. The standard InChI is InChI=1S/C18H14INO/c1-2-11-20-12-15(13-7-4-6-10-17(13)20)18(21)14-8-3-5-9-16(14)19/h2-10,12H,1,11H2. The Morgan fingerprint density at radius 2 is 1.81 bits per heavy atom. The molecule has 0 bridgehead atoms. The van der Waals surface area contributed by atoms with Crippen molar-refractivity contribution in [2.45, 2.75) is 6.54 Å². The molecule has 0 fully saturated rings. The molecule has 0 saturated carbocycles. The van der Waals surface area contributed by atoms with E-state index >= 15 is 0 Å². The molecule has 3 aromatic rings. The molecule has 0 saturated heterocycles. The van der Waals surface area contributed by atoms with Crippen molar-refractivity contribution in [3.05, 3.63) is 82.1 Å². The van der Waals surface area contributed by atoms with Gasteiger partial charge < -0.3 is 4.57 Å². The molecule has 3 rings (SSSR count). The number of hydrogen-bond donors (Lipinski definition) is 0. The molecule has 0 unspecified atom stereocenters. The normalized spacial score (nSPS) is 10.7. The van der Waals surface area contributed by atoms with Gasteiger partial charge in [0.15, 0.2) is 5.78 Å². The molecule has 0 amide bonds. The molecule has 0 spiro atoms. The molecule has 0 N–H and O–H groups in total. The Morgan fingerprint density at radius 3 is 2.57 bits per heavy atom. The number of fused-ring (bicyclic) bond motifs is 1. The van der Waals surface area contributed by atoms with Gasteiger partial charge in [-0.3, -0.25) is 4.79 Å². The third kappa shape index (κ3) is 2.53. The van der Waals surface area contributed by atoms with Crippen molar-refractivity contribution >= 4 is 39.3 Å². The van der Waals surface area contributed by atoms with E-state index < -0.39 is 0 Å². The molecule has 2 nitrogen and oxygen atoms in total. The van der Waals surface area contributed by atoms with E-state index in [2.05, 4.69) is 33.7 Å². The second-order valence-corrected chi connectivity index (χ2v) is 5.97. The minimum absolute atomic E-state index is 0.0685. The fourth-order valence-electron chi connectivity index (χ4n) is 2.51. The first-order chi connectivity index (χ1) is 10.2. The highest BCUT2D eigenvalue weighted by Gasteiger charge is 2.17. The summed E-state index contributed by atoms with van der Waals surface area (Å²) in [6.07, 6.45) is 3.77. The van der Waals surface area contributed by atoms with Crippen LogP contribution in [0.25, 0.3) is 10.9 Å². The molecule has 104 valence electrons. The van der Waals surface area contributed by atoms with Crippen molar-refractivity contribution in [2.24, 2.45) is 0 Å². The first-order valence-electron chi connectivity index (χ1n) is 6.70. The topological polar surface area (TPSA) is 22.0 Å². The highest BCUT2D eigenvalue weighted by atomic mass is 127. The zero-order valence-electron chi connectivity index (χ0n) is 11.4.